The highest BCUT2D eigenvalue weighted by molar-refractivity contribution is 7.99. The highest BCUT2D eigenvalue weighted by Gasteiger charge is 2.34. The van der Waals surface area contributed by atoms with Crippen molar-refractivity contribution in [1.82, 2.24) is 9.62 Å². The zero-order valence-corrected chi connectivity index (χ0v) is 16.1. The minimum Gasteiger partial charge on any atom is -0.464 e. The Bertz CT molecular complexity index is 779. The van der Waals surface area contributed by atoms with E-state index >= 15 is 0 Å². The second kappa shape index (κ2) is 9.20. The van der Waals surface area contributed by atoms with Crippen LogP contribution in [0.4, 0.5) is 0 Å². The molecule has 0 aromatic heterocycles. The van der Waals surface area contributed by atoms with Crippen LogP contribution in [0, 0.1) is 0 Å². The van der Waals surface area contributed by atoms with E-state index in [9.17, 15) is 18.0 Å². The smallest absolute Gasteiger partial charge is 0.329 e. The van der Waals surface area contributed by atoms with Crippen LogP contribution in [0.25, 0.3) is 0 Å². The molecule has 1 aromatic carbocycles. The summed E-state index contributed by atoms with van der Waals surface area (Å²) in [5, 5.41) is 0. The Morgan fingerprint density at radius 3 is 2.92 bits per heavy atom. The maximum atomic E-state index is 12.9. The normalized spacial score (nSPS) is 17.6. The van der Waals surface area contributed by atoms with Gasteiger partial charge in [0.15, 0.2) is 0 Å². The van der Waals surface area contributed by atoms with Gasteiger partial charge in [-0.15, -0.1) is 6.58 Å². The summed E-state index contributed by atoms with van der Waals surface area (Å²) in [6.45, 7) is 5.92. The molecule has 1 unspecified atom stereocenters. The number of benzene rings is 1. The van der Waals surface area contributed by atoms with Crippen LogP contribution < -0.4 is 4.72 Å². The zero-order valence-electron chi connectivity index (χ0n) is 14.5. The molecule has 1 saturated heterocycles. The van der Waals surface area contributed by atoms with Crippen molar-refractivity contribution >= 4 is 33.7 Å². The van der Waals surface area contributed by atoms with E-state index in [1.165, 1.54) is 29.2 Å². The number of thioether (sulfide) groups is 1. The second-order valence-electron chi connectivity index (χ2n) is 5.51. The van der Waals surface area contributed by atoms with Gasteiger partial charge >= 0.3 is 5.97 Å². The third-order valence-corrected chi connectivity index (χ3v) is 6.20. The fraction of sp³-hybridized carbons (Fsp3) is 0.412. The van der Waals surface area contributed by atoms with Crippen molar-refractivity contribution in [3.8, 4) is 0 Å². The Kier molecular flexibility index (Phi) is 7.24. The van der Waals surface area contributed by atoms with Gasteiger partial charge in [0.1, 0.15) is 6.04 Å². The first kappa shape index (κ1) is 20.5. The van der Waals surface area contributed by atoms with Gasteiger partial charge in [0.2, 0.25) is 10.0 Å². The molecule has 1 amide bonds. The van der Waals surface area contributed by atoms with Gasteiger partial charge in [-0.1, -0.05) is 12.1 Å². The fourth-order valence-corrected chi connectivity index (χ4v) is 4.57. The molecule has 1 atom stereocenters. The Labute approximate surface area is 157 Å². The van der Waals surface area contributed by atoms with E-state index in [1.807, 2.05) is 0 Å². The second-order valence-corrected chi connectivity index (χ2v) is 8.43. The van der Waals surface area contributed by atoms with Crippen LogP contribution in [-0.4, -0.2) is 62.4 Å². The van der Waals surface area contributed by atoms with Crippen LogP contribution in [0.5, 0.6) is 0 Å². The number of nitrogens with one attached hydrogen (secondary N) is 1. The van der Waals surface area contributed by atoms with Crippen molar-refractivity contribution in [2.24, 2.45) is 0 Å². The predicted octanol–water partition coefficient (Wildman–Crippen LogP) is 1.27. The number of carbonyl (C=O) groups is 2. The lowest BCUT2D eigenvalue weighted by Gasteiger charge is -2.33. The van der Waals surface area contributed by atoms with E-state index in [0.717, 1.165) is 0 Å². The first-order chi connectivity index (χ1) is 12.4. The van der Waals surface area contributed by atoms with Crippen LogP contribution in [0.3, 0.4) is 0 Å². The SMILES string of the molecule is C=CCNS(=O)(=O)c1cccc(C(=O)N2CCSCC2C(=O)OCC)c1. The van der Waals surface area contributed by atoms with E-state index in [1.54, 1.807) is 24.8 Å². The Balaban J connectivity index is 2.26. The summed E-state index contributed by atoms with van der Waals surface area (Å²) in [5.41, 5.74) is 0.215. The van der Waals surface area contributed by atoms with E-state index in [4.69, 9.17) is 4.74 Å². The molecule has 2 rings (SSSR count). The number of hydrogen-bond acceptors (Lipinski definition) is 6. The Morgan fingerprint density at radius 2 is 2.23 bits per heavy atom. The Morgan fingerprint density at radius 1 is 1.46 bits per heavy atom. The number of rotatable bonds is 7. The van der Waals surface area contributed by atoms with E-state index in [2.05, 4.69) is 11.3 Å². The van der Waals surface area contributed by atoms with Crippen LogP contribution in [0.2, 0.25) is 0 Å². The monoisotopic (exact) mass is 398 g/mol. The van der Waals surface area contributed by atoms with Gasteiger partial charge in [0.05, 0.1) is 11.5 Å². The third-order valence-electron chi connectivity index (χ3n) is 3.76. The number of carbonyl (C=O) groups excluding carboxylic acids is 2. The lowest BCUT2D eigenvalue weighted by Crippen LogP contribution is -2.51. The maximum absolute atomic E-state index is 12.9. The number of sulfonamides is 1. The van der Waals surface area contributed by atoms with Crippen molar-refractivity contribution in [2.45, 2.75) is 17.9 Å². The summed E-state index contributed by atoms with van der Waals surface area (Å²) in [6, 6.07) is 5.11. The van der Waals surface area contributed by atoms with E-state index < -0.39 is 22.0 Å². The molecule has 1 heterocycles. The van der Waals surface area contributed by atoms with Crippen molar-refractivity contribution < 1.29 is 22.7 Å². The molecule has 1 aliphatic heterocycles. The zero-order chi connectivity index (χ0) is 19.2. The van der Waals surface area contributed by atoms with Crippen LogP contribution >= 0.6 is 11.8 Å². The van der Waals surface area contributed by atoms with Gasteiger partial charge in [-0.3, -0.25) is 4.79 Å². The number of hydrogen-bond donors (Lipinski definition) is 1. The van der Waals surface area contributed by atoms with Gasteiger partial charge in [-0.05, 0) is 25.1 Å². The number of amides is 1. The van der Waals surface area contributed by atoms with Gasteiger partial charge < -0.3 is 9.64 Å². The molecule has 0 spiro atoms. The lowest BCUT2D eigenvalue weighted by molar-refractivity contribution is -0.147. The molecule has 26 heavy (non-hydrogen) atoms. The third kappa shape index (κ3) is 4.87. The summed E-state index contributed by atoms with van der Waals surface area (Å²) in [6.07, 6.45) is 1.43. The highest BCUT2D eigenvalue weighted by Crippen LogP contribution is 2.21. The molecule has 1 aromatic rings. The average molecular weight is 399 g/mol. The van der Waals surface area contributed by atoms with E-state index in [-0.39, 0.29) is 29.5 Å². The van der Waals surface area contributed by atoms with Crippen molar-refractivity contribution in [1.29, 1.82) is 0 Å². The average Bonchev–Trinajstić information content (AvgIpc) is 2.66. The van der Waals surface area contributed by atoms with Crippen LogP contribution in [0.1, 0.15) is 17.3 Å². The molecule has 1 fully saturated rings. The fourth-order valence-electron chi connectivity index (χ4n) is 2.49. The maximum Gasteiger partial charge on any atom is 0.329 e. The molecule has 9 heteroatoms. The quantitative estimate of drug-likeness (QED) is 0.549. The lowest BCUT2D eigenvalue weighted by atomic mass is 10.1. The standard InChI is InChI=1S/C17H22N2O5S2/c1-3-8-18-26(22,23)14-7-5-6-13(11-14)16(20)19-9-10-25-12-15(19)17(21)24-4-2/h3,5-7,11,15,18H,1,4,8-10,12H2,2H3. The topological polar surface area (TPSA) is 92.8 Å². The van der Waals surface area contributed by atoms with E-state index in [0.29, 0.717) is 18.1 Å². The molecular weight excluding hydrogens is 376 g/mol. The summed E-state index contributed by atoms with van der Waals surface area (Å²) in [7, 11) is -3.74. The summed E-state index contributed by atoms with van der Waals surface area (Å²) in [4.78, 5) is 26.5. The number of ether oxygens (including phenoxy) is 1. The molecule has 142 valence electrons. The summed E-state index contributed by atoms with van der Waals surface area (Å²) < 4.78 is 31.9. The number of esters is 1. The van der Waals surface area contributed by atoms with Crippen LogP contribution in [-0.2, 0) is 19.6 Å². The molecular formula is C17H22N2O5S2. The van der Waals surface area contributed by atoms with Gasteiger partial charge in [0.25, 0.3) is 5.91 Å². The number of nitrogens with zero attached hydrogens (tertiary/aromatic N) is 1. The molecule has 1 aliphatic rings. The van der Waals surface area contributed by atoms with Crippen molar-refractivity contribution in [2.75, 3.05) is 31.2 Å². The van der Waals surface area contributed by atoms with Crippen LogP contribution in [0.15, 0.2) is 41.8 Å². The molecule has 7 nitrogen and oxygen atoms in total. The molecule has 0 saturated carbocycles. The predicted molar refractivity (Wildman–Crippen MR) is 101 cm³/mol. The first-order valence-corrected chi connectivity index (χ1v) is 10.8. The largest absolute Gasteiger partial charge is 0.464 e. The van der Waals surface area contributed by atoms with Gasteiger partial charge in [0, 0.05) is 30.2 Å². The van der Waals surface area contributed by atoms with Crippen molar-refractivity contribution in [3.05, 3.63) is 42.5 Å². The minimum atomic E-state index is -3.74. The molecule has 1 N–H and O–H groups in total. The molecule has 0 radical (unpaired) electrons. The summed E-state index contributed by atoms with van der Waals surface area (Å²) in [5.74, 6) is 0.345. The summed E-state index contributed by atoms with van der Waals surface area (Å²) >= 11 is 1.58. The Hall–Kier alpha value is -1.84. The van der Waals surface area contributed by atoms with Gasteiger partial charge in [-0.2, -0.15) is 11.8 Å². The molecule has 0 bridgehead atoms. The van der Waals surface area contributed by atoms with Gasteiger partial charge in [-0.25, -0.2) is 17.9 Å². The van der Waals surface area contributed by atoms with Crippen molar-refractivity contribution in [3.63, 3.8) is 0 Å². The minimum absolute atomic E-state index is 0.00994. The highest BCUT2D eigenvalue weighted by atomic mass is 32.2. The first-order valence-electron chi connectivity index (χ1n) is 8.16. The molecule has 0 aliphatic carbocycles.